The minimum atomic E-state index is -0.188. The van der Waals surface area contributed by atoms with Gasteiger partial charge in [0.2, 0.25) is 0 Å². The summed E-state index contributed by atoms with van der Waals surface area (Å²) in [7, 11) is 0. The third-order valence-electron chi connectivity index (χ3n) is 5.30. The maximum atomic E-state index is 13.0. The van der Waals surface area contributed by atoms with Crippen LogP contribution in [0.15, 0.2) is 24.3 Å². The van der Waals surface area contributed by atoms with Gasteiger partial charge in [-0.15, -0.1) is 0 Å². The Morgan fingerprint density at radius 2 is 1.83 bits per heavy atom. The van der Waals surface area contributed by atoms with Crippen molar-refractivity contribution in [3.05, 3.63) is 35.6 Å². The van der Waals surface area contributed by atoms with Gasteiger partial charge in [-0.05, 0) is 56.7 Å². The molecule has 1 atom stereocenters. The van der Waals surface area contributed by atoms with Crippen LogP contribution in [0.2, 0.25) is 0 Å². The largest absolute Gasteiger partial charge is 0.335 e. The summed E-state index contributed by atoms with van der Waals surface area (Å²) in [5, 5.41) is 3.22. The Bertz CT molecular complexity index is 540. The van der Waals surface area contributed by atoms with Gasteiger partial charge in [0, 0.05) is 38.3 Å². The van der Waals surface area contributed by atoms with Crippen LogP contribution in [0.3, 0.4) is 0 Å². The van der Waals surface area contributed by atoms with Crippen molar-refractivity contribution in [3.8, 4) is 0 Å². The summed E-state index contributed by atoms with van der Waals surface area (Å²) in [4.78, 5) is 16.8. The van der Waals surface area contributed by atoms with Crippen LogP contribution in [-0.2, 0) is 6.54 Å². The molecule has 24 heavy (non-hydrogen) atoms. The van der Waals surface area contributed by atoms with Gasteiger partial charge in [0.25, 0.3) is 0 Å². The molecule has 2 heterocycles. The van der Waals surface area contributed by atoms with E-state index >= 15 is 0 Å². The molecule has 1 aromatic carbocycles. The lowest BCUT2D eigenvalue weighted by molar-refractivity contribution is 0.143. The van der Waals surface area contributed by atoms with Crippen LogP contribution in [0, 0.1) is 5.82 Å². The van der Waals surface area contributed by atoms with Gasteiger partial charge >= 0.3 is 6.03 Å². The molecule has 4 nitrogen and oxygen atoms in total. The monoisotopic (exact) mass is 333 g/mol. The molecule has 132 valence electrons. The second kappa shape index (κ2) is 7.97. The van der Waals surface area contributed by atoms with Crippen LogP contribution in [-0.4, -0.2) is 47.5 Å². The van der Waals surface area contributed by atoms with E-state index < -0.39 is 0 Å². The molecule has 1 N–H and O–H groups in total. The van der Waals surface area contributed by atoms with Gasteiger partial charge in [0.1, 0.15) is 5.82 Å². The van der Waals surface area contributed by atoms with Crippen molar-refractivity contribution in [1.29, 1.82) is 0 Å². The number of piperidine rings is 2. The van der Waals surface area contributed by atoms with Crippen LogP contribution in [0.4, 0.5) is 9.18 Å². The van der Waals surface area contributed by atoms with Crippen molar-refractivity contribution < 1.29 is 9.18 Å². The Hall–Kier alpha value is -1.62. The van der Waals surface area contributed by atoms with E-state index in [1.54, 1.807) is 0 Å². The lowest BCUT2D eigenvalue weighted by atomic mass is 10.0. The van der Waals surface area contributed by atoms with Crippen LogP contribution in [0.5, 0.6) is 0 Å². The number of halogens is 1. The average molecular weight is 333 g/mol. The van der Waals surface area contributed by atoms with E-state index in [0.29, 0.717) is 6.04 Å². The lowest BCUT2D eigenvalue weighted by Gasteiger charge is -2.37. The molecule has 2 saturated heterocycles. The molecule has 0 aliphatic carbocycles. The van der Waals surface area contributed by atoms with E-state index in [1.807, 2.05) is 17.0 Å². The highest BCUT2D eigenvalue weighted by molar-refractivity contribution is 5.75. The Morgan fingerprint density at radius 3 is 2.50 bits per heavy atom. The van der Waals surface area contributed by atoms with Gasteiger partial charge < -0.3 is 10.2 Å². The van der Waals surface area contributed by atoms with Crippen molar-refractivity contribution >= 4 is 6.03 Å². The molecule has 0 bridgehead atoms. The molecule has 2 aliphatic heterocycles. The first-order valence-corrected chi connectivity index (χ1v) is 9.16. The maximum absolute atomic E-state index is 13.0. The predicted molar refractivity (Wildman–Crippen MR) is 93.2 cm³/mol. The molecular weight excluding hydrogens is 305 g/mol. The average Bonchev–Trinajstić information content (AvgIpc) is 2.59. The molecule has 1 aromatic rings. The lowest BCUT2D eigenvalue weighted by Crippen LogP contribution is -2.52. The summed E-state index contributed by atoms with van der Waals surface area (Å²) in [6.07, 6.45) is 5.43. The van der Waals surface area contributed by atoms with E-state index in [0.717, 1.165) is 57.4 Å². The molecule has 0 saturated carbocycles. The SMILES string of the molecule is CC1CCCCN1C(=O)NC1CCN(Cc2ccc(F)cc2)CC1. The van der Waals surface area contributed by atoms with Crippen LogP contribution < -0.4 is 5.32 Å². The Balaban J connectivity index is 1.43. The van der Waals surface area contributed by atoms with E-state index in [1.165, 1.54) is 18.6 Å². The zero-order valence-corrected chi connectivity index (χ0v) is 14.5. The van der Waals surface area contributed by atoms with Crippen molar-refractivity contribution in [2.75, 3.05) is 19.6 Å². The fourth-order valence-electron chi connectivity index (χ4n) is 3.74. The summed E-state index contributed by atoms with van der Waals surface area (Å²) in [5.41, 5.74) is 1.14. The van der Waals surface area contributed by atoms with E-state index in [9.17, 15) is 9.18 Å². The summed E-state index contributed by atoms with van der Waals surface area (Å²) < 4.78 is 13.0. The first kappa shape index (κ1) is 17.2. The first-order valence-electron chi connectivity index (χ1n) is 9.16. The molecule has 1 unspecified atom stereocenters. The number of amides is 2. The first-order chi connectivity index (χ1) is 11.6. The van der Waals surface area contributed by atoms with Gasteiger partial charge in [-0.3, -0.25) is 4.90 Å². The molecule has 0 aromatic heterocycles. The molecule has 0 spiro atoms. The normalized spacial score (nSPS) is 23.2. The summed E-state index contributed by atoms with van der Waals surface area (Å²) in [6, 6.07) is 7.47. The zero-order chi connectivity index (χ0) is 16.9. The number of likely N-dealkylation sites (tertiary alicyclic amines) is 2. The summed E-state index contributed by atoms with van der Waals surface area (Å²) in [5.74, 6) is -0.188. The molecule has 2 aliphatic rings. The second-order valence-electron chi connectivity index (χ2n) is 7.16. The fourth-order valence-corrected chi connectivity index (χ4v) is 3.74. The molecule has 2 fully saturated rings. The fraction of sp³-hybridized carbons (Fsp3) is 0.632. The standard InChI is InChI=1S/C19H28FN3O/c1-15-4-2-3-11-23(15)19(24)21-18-9-12-22(13-10-18)14-16-5-7-17(20)8-6-16/h5-8,15,18H,2-4,9-14H2,1H3,(H,21,24). The summed E-state index contributed by atoms with van der Waals surface area (Å²) in [6.45, 7) is 5.82. The van der Waals surface area contributed by atoms with Crippen molar-refractivity contribution in [2.24, 2.45) is 0 Å². The number of benzene rings is 1. The number of hydrogen-bond donors (Lipinski definition) is 1. The number of carbonyl (C=O) groups is 1. The number of carbonyl (C=O) groups excluding carboxylic acids is 1. The van der Waals surface area contributed by atoms with E-state index in [4.69, 9.17) is 0 Å². The van der Waals surface area contributed by atoms with Gasteiger partial charge in [-0.25, -0.2) is 9.18 Å². The third-order valence-corrected chi connectivity index (χ3v) is 5.30. The highest BCUT2D eigenvalue weighted by Gasteiger charge is 2.26. The molecule has 0 radical (unpaired) electrons. The van der Waals surface area contributed by atoms with Crippen molar-refractivity contribution in [3.63, 3.8) is 0 Å². The van der Waals surface area contributed by atoms with Gasteiger partial charge in [-0.2, -0.15) is 0 Å². The molecule has 2 amide bonds. The van der Waals surface area contributed by atoms with Crippen LogP contribution in [0.25, 0.3) is 0 Å². The maximum Gasteiger partial charge on any atom is 0.317 e. The predicted octanol–water partition coefficient (Wildman–Crippen LogP) is 3.37. The summed E-state index contributed by atoms with van der Waals surface area (Å²) >= 11 is 0. The van der Waals surface area contributed by atoms with Crippen molar-refractivity contribution in [1.82, 2.24) is 15.1 Å². The smallest absolute Gasteiger partial charge is 0.317 e. The van der Waals surface area contributed by atoms with Gasteiger partial charge in [0.15, 0.2) is 0 Å². The van der Waals surface area contributed by atoms with Crippen molar-refractivity contribution in [2.45, 2.75) is 57.7 Å². The minimum absolute atomic E-state index is 0.110. The van der Waals surface area contributed by atoms with E-state index in [2.05, 4.69) is 17.1 Å². The number of nitrogens with zero attached hydrogens (tertiary/aromatic N) is 2. The Kier molecular flexibility index (Phi) is 5.72. The number of nitrogens with one attached hydrogen (secondary N) is 1. The van der Waals surface area contributed by atoms with Gasteiger partial charge in [0.05, 0.1) is 0 Å². The topological polar surface area (TPSA) is 35.6 Å². The van der Waals surface area contributed by atoms with Crippen LogP contribution >= 0.6 is 0 Å². The minimum Gasteiger partial charge on any atom is -0.335 e. The van der Waals surface area contributed by atoms with Gasteiger partial charge in [-0.1, -0.05) is 12.1 Å². The quantitative estimate of drug-likeness (QED) is 0.920. The Morgan fingerprint density at radius 1 is 1.12 bits per heavy atom. The highest BCUT2D eigenvalue weighted by atomic mass is 19.1. The zero-order valence-electron chi connectivity index (χ0n) is 14.5. The third kappa shape index (κ3) is 4.47. The molecule has 3 rings (SSSR count). The van der Waals surface area contributed by atoms with Crippen LogP contribution in [0.1, 0.15) is 44.6 Å². The number of urea groups is 1. The number of hydrogen-bond acceptors (Lipinski definition) is 2. The Labute approximate surface area is 144 Å². The number of rotatable bonds is 3. The molecule has 5 heteroatoms. The molecular formula is C19H28FN3O. The second-order valence-corrected chi connectivity index (χ2v) is 7.16. The highest BCUT2D eigenvalue weighted by Crippen LogP contribution is 2.18. The van der Waals surface area contributed by atoms with E-state index in [-0.39, 0.29) is 17.9 Å².